The summed E-state index contributed by atoms with van der Waals surface area (Å²) in [6.45, 7) is 3.57. The third-order valence-corrected chi connectivity index (χ3v) is 6.46. The molecule has 1 aliphatic rings. The molecular formula is C23H23N5O2S. The molecule has 0 radical (unpaired) electrons. The molecule has 0 aliphatic carbocycles. The number of ether oxygens (including phenoxy) is 1. The number of aromatic nitrogens is 1. The maximum absolute atomic E-state index is 12.8. The second-order valence-electron chi connectivity index (χ2n) is 7.39. The van der Waals surface area contributed by atoms with Gasteiger partial charge < -0.3 is 20.3 Å². The zero-order valence-electron chi connectivity index (χ0n) is 17.4. The molecule has 1 atom stereocenters. The summed E-state index contributed by atoms with van der Waals surface area (Å²) in [5.74, 6) is 0.751. The van der Waals surface area contributed by atoms with Gasteiger partial charge in [0.1, 0.15) is 28.2 Å². The summed E-state index contributed by atoms with van der Waals surface area (Å²) in [4.78, 5) is 21.2. The SMILES string of the molecule is COc1ccc2nc(/C(N)=C(\C#N)N3CCN(C(=O)c4ccccc4)C[C@H]3C)sc2c1. The minimum absolute atomic E-state index is 0.00248. The molecule has 0 spiro atoms. The lowest BCUT2D eigenvalue weighted by Crippen LogP contribution is -2.53. The smallest absolute Gasteiger partial charge is 0.253 e. The minimum Gasteiger partial charge on any atom is -0.497 e. The van der Waals surface area contributed by atoms with Crippen LogP contribution in [0.2, 0.25) is 0 Å². The second-order valence-corrected chi connectivity index (χ2v) is 8.42. The summed E-state index contributed by atoms with van der Waals surface area (Å²) in [5.41, 5.74) is 8.65. The zero-order chi connectivity index (χ0) is 22.0. The zero-order valence-corrected chi connectivity index (χ0v) is 18.2. The summed E-state index contributed by atoms with van der Waals surface area (Å²) in [5, 5.41) is 10.5. The van der Waals surface area contributed by atoms with Crippen LogP contribution in [0.25, 0.3) is 15.9 Å². The number of nitrogens with zero attached hydrogens (tertiary/aromatic N) is 4. The van der Waals surface area contributed by atoms with Crippen LogP contribution in [0.4, 0.5) is 0 Å². The molecule has 2 aromatic carbocycles. The molecule has 2 heterocycles. The summed E-state index contributed by atoms with van der Waals surface area (Å²) < 4.78 is 6.22. The third-order valence-electron chi connectivity index (χ3n) is 5.41. The number of thiazole rings is 1. The van der Waals surface area contributed by atoms with Crippen LogP contribution in [0.5, 0.6) is 5.75 Å². The summed E-state index contributed by atoms with van der Waals surface area (Å²) in [6, 6.07) is 17.1. The Morgan fingerprint density at radius 2 is 2.03 bits per heavy atom. The third kappa shape index (κ3) is 4.05. The number of benzene rings is 2. The van der Waals surface area contributed by atoms with Crippen molar-refractivity contribution in [2.75, 3.05) is 26.7 Å². The molecule has 31 heavy (non-hydrogen) atoms. The summed E-state index contributed by atoms with van der Waals surface area (Å²) in [6.07, 6.45) is 0. The van der Waals surface area contributed by atoms with E-state index in [-0.39, 0.29) is 11.9 Å². The Morgan fingerprint density at radius 1 is 1.26 bits per heavy atom. The molecule has 158 valence electrons. The van der Waals surface area contributed by atoms with Crippen molar-refractivity contribution < 1.29 is 9.53 Å². The lowest BCUT2D eigenvalue weighted by molar-refractivity contribution is 0.0593. The number of amides is 1. The number of hydrogen-bond acceptors (Lipinski definition) is 7. The number of methoxy groups -OCH3 is 1. The van der Waals surface area contributed by atoms with Crippen molar-refractivity contribution in [3.63, 3.8) is 0 Å². The van der Waals surface area contributed by atoms with Crippen LogP contribution in [0.3, 0.4) is 0 Å². The molecule has 0 bridgehead atoms. The lowest BCUT2D eigenvalue weighted by atomic mass is 10.1. The highest BCUT2D eigenvalue weighted by atomic mass is 32.1. The second kappa shape index (κ2) is 8.66. The van der Waals surface area contributed by atoms with Gasteiger partial charge in [-0.05, 0) is 37.3 Å². The molecule has 1 aliphatic heterocycles. The first-order valence-corrected chi connectivity index (χ1v) is 10.8. The van der Waals surface area contributed by atoms with Gasteiger partial charge in [0.05, 0.1) is 17.3 Å². The van der Waals surface area contributed by atoms with Crippen LogP contribution in [-0.4, -0.2) is 53.5 Å². The van der Waals surface area contributed by atoms with Gasteiger partial charge in [0.15, 0.2) is 0 Å². The van der Waals surface area contributed by atoms with E-state index in [0.717, 1.165) is 16.0 Å². The van der Waals surface area contributed by atoms with Crippen molar-refractivity contribution in [3.05, 3.63) is 64.8 Å². The quantitative estimate of drug-likeness (QED) is 0.635. The molecule has 0 saturated carbocycles. The first-order chi connectivity index (χ1) is 15.0. The van der Waals surface area contributed by atoms with Crippen LogP contribution in [0.1, 0.15) is 22.3 Å². The maximum atomic E-state index is 12.8. The van der Waals surface area contributed by atoms with E-state index in [1.165, 1.54) is 11.3 Å². The van der Waals surface area contributed by atoms with Gasteiger partial charge in [-0.2, -0.15) is 5.26 Å². The largest absolute Gasteiger partial charge is 0.497 e. The Labute approximate surface area is 185 Å². The van der Waals surface area contributed by atoms with E-state index >= 15 is 0 Å². The van der Waals surface area contributed by atoms with E-state index in [0.29, 0.717) is 41.6 Å². The Morgan fingerprint density at radius 3 is 2.71 bits per heavy atom. The molecule has 0 unspecified atom stereocenters. The molecule has 1 aromatic heterocycles. The monoisotopic (exact) mass is 433 g/mol. The van der Waals surface area contributed by atoms with Gasteiger partial charge in [-0.1, -0.05) is 18.2 Å². The topological polar surface area (TPSA) is 95.5 Å². The Bertz CT molecular complexity index is 1180. The van der Waals surface area contributed by atoms with Crippen LogP contribution < -0.4 is 10.5 Å². The van der Waals surface area contributed by atoms with Gasteiger partial charge in [0, 0.05) is 31.2 Å². The minimum atomic E-state index is -0.0518. The van der Waals surface area contributed by atoms with Gasteiger partial charge in [0.2, 0.25) is 0 Å². The van der Waals surface area contributed by atoms with E-state index in [1.54, 1.807) is 7.11 Å². The normalized spacial score (nSPS) is 17.3. The van der Waals surface area contributed by atoms with Crippen molar-refractivity contribution >= 4 is 33.2 Å². The maximum Gasteiger partial charge on any atom is 0.253 e. The highest BCUT2D eigenvalue weighted by Crippen LogP contribution is 2.30. The molecule has 7 nitrogen and oxygen atoms in total. The molecule has 3 aromatic rings. The van der Waals surface area contributed by atoms with E-state index in [4.69, 9.17) is 10.5 Å². The predicted molar refractivity (Wildman–Crippen MR) is 121 cm³/mol. The number of carbonyl (C=O) groups excluding carboxylic acids is 1. The molecular weight excluding hydrogens is 410 g/mol. The standard InChI is InChI=1S/C23H23N5O2S/c1-15-14-27(23(29)16-6-4-3-5-7-16)10-11-28(15)19(13-24)21(25)22-26-18-9-8-17(30-2)12-20(18)31-22/h3-9,12,15H,10-11,14,25H2,1-2H3/b21-19-/t15-/m1/s1. The van der Waals surface area contributed by atoms with Crippen molar-refractivity contribution in [3.8, 4) is 11.8 Å². The summed E-state index contributed by atoms with van der Waals surface area (Å²) in [7, 11) is 1.62. The molecule has 1 fully saturated rings. The highest BCUT2D eigenvalue weighted by molar-refractivity contribution is 7.19. The number of nitrogens with two attached hydrogens (primary N) is 1. The van der Waals surface area contributed by atoms with E-state index in [9.17, 15) is 10.1 Å². The van der Waals surface area contributed by atoms with Crippen LogP contribution in [0.15, 0.2) is 54.2 Å². The van der Waals surface area contributed by atoms with Gasteiger partial charge >= 0.3 is 0 Å². The van der Waals surface area contributed by atoms with Crippen LogP contribution in [0, 0.1) is 11.3 Å². The Balaban J connectivity index is 1.57. The molecule has 2 N–H and O–H groups in total. The van der Waals surface area contributed by atoms with E-state index in [1.807, 2.05) is 65.3 Å². The van der Waals surface area contributed by atoms with E-state index in [2.05, 4.69) is 11.1 Å². The van der Waals surface area contributed by atoms with Crippen molar-refractivity contribution in [1.82, 2.24) is 14.8 Å². The van der Waals surface area contributed by atoms with Gasteiger partial charge in [0.25, 0.3) is 5.91 Å². The number of piperazine rings is 1. The average Bonchev–Trinajstić information content (AvgIpc) is 3.23. The lowest BCUT2D eigenvalue weighted by Gasteiger charge is -2.41. The molecule has 8 heteroatoms. The fourth-order valence-corrected chi connectivity index (χ4v) is 4.72. The van der Waals surface area contributed by atoms with Crippen molar-refractivity contribution in [1.29, 1.82) is 5.26 Å². The predicted octanol–water partition coefficient (Wildman–Crippen LogP) is 3.30. The van der Waals surface area contributed by atoms with Gasteiger partial charge in [-0.15, -0.1) is 11.3 Å². The first-order valence-electron chi connectivity index (χ1n) is 9.97. The first kappa shape index (κ1) is 20.7. The molecule has 4 rings (SSSR count). The molecule has 1 amide bonds. The number of hydrogen-bond donors (Lipinski definition) is 1. The van der Waals surface area contributed by atoms with Crippen molar-refractivity contribution in [2.45, 2.75) is 13.0 Å². The number of carbonyl (C=O) groups is 1. The number of allylic oxidation sites excluding steroid dienone is 1. The highest BCUT2D eigenvalue weighted by Gasteiger charge is 2.30. The molecule has 1 saturated heterocycles. The Kier molecular flexibility index (Phi) is 5.78. The van der Waals surface area contributed by atoms with Gasteiger partial charge in [-0.25, -0.2) is 4.98 Å². The number of rotatable bonds is 4. The van der Waals surface area contributed by atoms with Gasteiger partial charge in [-0.3, -0.25) is 4.79 Å². The fraction of sp³-hybridized carbons (Fsp3) is 0.261. The number of fused-ring (bicyclic) bond motifs is 1. The average molecular weight is 434 g/mol. The van der Waals surface area contributed by atoms with Crippen molar-refractivity contribution in [2.24, 2.45) is 5.73 Å². The van der Waals surface area contributed by atoms with E-state index < -0.39 is 0 Å². The van der Waals surface area contributed by atoms with Crippen LogP contribution >= 0.6 is 11.3 Å². The Hall–Kier alpha value is -3.57. The fourth-order valence-electron chi connectivity index (χ4n) is 3.77. The summed E-state index contributed by atoms with van der Waals surface area (Å²) >= 11 is 1.43. The van der Waals surface area contributed by atoms with Crippen LogP contribution in [-0.2, 0) is 0 Å². The number of nitriles is 1.